The average Bonchev–Trinajstić information content (AvgIpc) is 3.42. The van der Waals surface area contributed by atoms with Gasteiger partial charge < -0.3 is 28.4 Å². The maximum Gasteiger partial charge on any atom is 0.338 e. The molecule has 1 aromatic heterocycles. The van der Waals surface area contributed by atoms with Crippen molar-refractivity contribution < 1.29 is 38.0 Å². The lowest BCUT2D eigenvalue weighted by Gasteiger charge is -2.23. The van der Waals surface area contributed by atoms with Crippen LogP contribution >= 0.6 is 33.9 Å². The fourth-order valence-electron chi connectivity index (χ4n) is 5.32. The molecule has 50 heavy (non-hydrogen) atoms. The van der Waals surface area contributed by atoms with Crippen LogP contribution in [0.15, 0.2) is 76.2 Å². The van der Waals surface area contributed by atoms with Gasteiger partial charge in [-0.1, -0.05) is 29.5 Å². The first kappa shape index (κ1) is 36.6. The fraction of sp³-hybridized carbons (Fsp3) is 0.297. The van der Waals surface area contributed by atoms with Gasteiger partial charge in [0.25, 0.3) is 5.56 Å². The van der Waals surface area contributed by atoms with Crippen molar-refractivity contribution in [2.45, 2.75) is 40.3 Å². The van der Waals surface area contributed by atoms with Crippen LogP contribution in [0, 0.1) is 3.57 Å². The highest BCUT2D eigenvalue weighted by atomic mass is 127. The van der Waals surface area contributed by atoms with Crippen LogP contribution in [0.1, 0.15) is 60.8 Å². The van der Waals surface area contributed by atoms with Gasteiger partial charge in [0.1, 0.15) is 6.61 Å². The molecule has 1 atom stereocenters. The molecule has 0 saturated heterocycles. The first-order chi connectivity index (χ1) is 24.2. The van der Waals surface area contributed by atoms with E-state index in [0.29, 0.717) is 69.9 Å². The molecule has 0 amide bonds. The molecule has 1 aliphatic rings. The van der Waals surface area contributed by atoms with Gasteiger partial charge in [-0.15, -0.1) is 0 Å². The zero-order valence-corrected chi connectivity index (χ0v) is 31.3. The molecular formula is C37H37IN2O9S. The Labute approximate surface area is 306 Å². The smallest absolute Gasteiger partial charge is 0.338 e. The molecule has 3 aromatic carbocycles. The molecule has 2 heterocycles. The van der Waals surface area contributed by atoms with Crippen molar-refractivity contribution >= 4 is 51.9 Å². The van der Waals surface area contributed by atoms with Crippen LogP contribution in [-0.4, -0.2) is 50.0 Å². The molecule has 262 valence electrons. The number of hydrogen-bond donors (Lipinski definition) is 0. The summed E-state index contributed by atoms with van der Waals surface area (Å²) in [6.07, 6.45) is 3.23. The number of hydrogen-bond acceptors (Lipinski definition) is 11. The number of ether oxygens (including phenoxy) is 6. The number of benzene rings is 3. The maximum atomic E-state index is 14.1. The number of carbonyl (C=O) groups excluding carboxylic acids is 2. The molecule has 11 nitrogen and oxygen atoms in total. The van der Waals surface area contributed by atoms with E-state index in [1.54, 1.807) is 37.3 Å². The minimum Gasteiger partial charge on any atom is -0.490 e. The van der Waals surface area contributed by atoms with Crippen molar-refractivity contribution in [3.8, 4) is 23.0 Å². The predicted molar refractivity (Wildman–Crippen MR) is 197 cm³/mol. The fourth-order valence-corrected chi connectivity index (χ4v) is 7.07. The number of fused-ring (bicyclic) bond motifs is 1. The van der Waals surface area contributed by atoms with E-state index >= 15 is 0 Å². The van der Waals surface area contributed by atoms with Gasteiger partial charge in [-0.25, -0.2) is 14.6 Å². The summed E-state index contributed by atoms with van der Waals surface area (Å²) in [4.78, 5) is 44.0. The Kier molecular flexibility index (Phi) is 12.4. The number of esters is 2. The first-order valence-corrected chi connectivity index (χ1v) is 18.0. The van der Waals surface area contributed by atoms with Crippen molar-refractivity contribution in [1.82, 2.24) is 4.57 Å². The molecule has 4 aromatic rings. The van der Waals surface area contributed by atoms with E-state index in [-0.39, 0.29) is 23.7 Å². The van der Waals surface area contributed by atoms with E-state index in [1.165, 1.54) is 29.2 Å². The third-order valence-corrected chi connectivity index (χ3v) is 9.28. The van der Waals surface area contributed by atoms with Gasteiger partial charge in [-0.3, -0.25) is 9.36 Å². The number of aromatic nitrogens is 1. The van der Waals surface area contributed by atoms with E-state index in [2.05, 4.69) is 27.6 Å². The molecule has 13 heteroatoms. The first-order valence-electron chi connectivity index (χ1n) is 16.1. The van der Waals surface area contributed by atoms with E-state index in [4.69, 9.17) is 28.4 Å². The van der Waals surface area contributed by atoms with E-state index < -0.39 is 12.0 Å². The quantitative estimate of drug-likeness (QED) is 0.119. The zero-order chi connectivity index (χ0) is 35.8. The van der Waals surface area contributed by atoms with E-state index in [9.17, 15) is 14.4 Å². The zero-order valence-electron chi connectivity index (χ0n) is 28.3. The van der Waals surface area contributed by atoms with Gasteiger partial charge in [0.2, 0.25) is 0 Å². The molecule has 5 rings (SSSR count). The number of methoxy groups -OCH3 is 1. The summed E-state index contributed by atoms with van der Waals surface area (Å²) in [7, 11) is 1.29. The van der Waals surface area contributed by atoms with Gasteiger partial charge in [0.15, 0.2) is 27.8 Å². The second-order valence-electron chi connectivity index (χ2n) is 10.7. The van der Waals surface area contributed by atoms with Crippen LogP contribution < -0.4 is 33.8 Å². The molecule has 0 unspecified atom stereocenters. The lowest BCUT2D eigenvalue weighted by atomic mass is 9.97. The Morgan fingerprint density at radius 3 is 2.24 bits per heavy atom. The highest BCUT2D eigenvalue weighted by Crippen LogP contribution is 2.36. The average molecular weight is 813 g/mol. The highest BCUT2D eigenvalue weighted by Gasteiger charge is 2.31. The van der Waals surface area contributed by atoms with Crippen LogP contribution in [0.4, 0.5) is 0 Å². The standard InChI is InChI=1S/C37H37IN2O9S/c1-6-45-28-15-14-25(19-29(28)46-7-2)32-26(36(43)44-5)20-39-37-40(32)34(41)31(50-37)18-23-16-27(38)33(30(17-23)47-8-3)49-21-22-10-12-24(13-11-22)35(42)48-9-4/h10-20,32H,6-9,21H2,1-5H3/b31-18+/t32-/m0/s1. The van der Waals surface area contributed by atoms with Crippen molar-refractivity contribution in [3.05, 3.63) is 112 Å². The molecule has 0 saturated carbocycles. The number of rotatable bonds is 14. The topological polar surface area (TPSA) is 124 Å². The van der Waals surface area contributed by atoms with E-state index in [0.717, 1.165) is 14.7 Å². The van der Waals surface area contributed by atoms with Gasteiger partial charge in [-0.2, -0.15) is 0 Å². The Morgan fingerprint density at radius 1 is 0.860 bits per heavy atom. The summed E-state index contributed by atoms with van der Waals surface area (Å²) in [5.74, 6) is 1.18. The van der Waals surface area contributed by atoms with Crippen LogP contribution in [-0.2, 0) is 20.9 Å². The lowest BCUT2D eigenvalue weighted by Crippen LogP contribution is -2.39. The largest absolute Gasteiger partial charge is 0.490 e. The second kappa shape index (κ2) is 16.9. The highest BCUT2D eigenvalue weighted by molar-refractivity contribution is 14.1. The molecule has 0 fully saturated rings. The molecule has 0 aliphatic carbocycles. The Hall–Kier alpha value is -4.63. The summed E-state index contributed by atoms with van der Waals surface area (Å²) in [6, 6.07) is 15.3. The van der Waals surface area contributed by atoms with Crippen molar-refractivity contribution in [2.75, 3.05) is 33.5 Å². The van der Waals surface area contributed by atoms with Crippen LogP contribution in [0.5, 0.6) is 23.0 Å². The summed E-state index contributed by atoms with van der Waals surface area (Å²) < 4.78 is 36.6. The number of halogens is 1. The van der Waals surface area contributed by atoms with Gasteiger partial charge in [0.05, 0.1) is 58.8 Å². The third kappa shape index (κ3) is 8.05. The van der Waals surface area contributed by atoms with Crippen LogP contribution in [0.25, 0.3) is 6.08 Å². The molecule has 0 N–H and O–H groups in total. The SMILES string of the molecule is CCOC(=O)c1ccc(COc2c(I)cc(/C=c3/sc4n(c3=O)[C@@H](c3ccc(OCC)c(OCC)c3)C(C(=O)OC)=CN=4)cc2OCC)cc1. The van der Waals surface area contributed by atoms with Crippen molar-refractivity contribution in [1.29, 1.82) is 0 Å². The summed E-state index contributed by atoms with van der Waals surface area (Å²) in [6.45, 7) is 9.21. The molecular weight excluding hydrogens is 775 g/mol. The summed E-state index contributed by atoms with van der Waals surface area (Å²) in [5, 5.41) is 0. The number of nitrogens with zero attached hydrogens (tertiary/aromatic N) is 2. The Bertz CT molecular complexity index is 2090. The second-order valence-corrected chi connectivity index (χ2v) is 12.9. The van der Waals surface area contributed by atoms with Crippen molar-refractivity contribution in [3.63, 3.8) is 0 Å². The Morgan fingerprint density at radius 2 is 1.56 bits per heavy atom. The normalized spacial score (nSPS) is 13.8. The maximum absolute atomic E-state index is 14.1. The molecule has 0 bridgehead atoms. The summed E-state index contributed by atoms with van der Waals surface area (Å²) in [5.41, 5.74) is 2.59. The minimum atomic E-state index is -0.808. The van der Waals surface area contributed by atoms with Crippen molar-refractivity contribution in [2.24, 2.45) is 4.99 Å². The number of carbonyl (C=O) groups is 2. The van der Waals surface area contributed by atoms with Gasteiger partial charge in [0, 0.05) is 6.20 Å². The van der Waals surface area contributed by atoms with Crippen LogP contribution in [0.2, 0.25) is 0 Å². The third-order valence-electron chi connectivity index (χ3n) is 7.49. The van der Waals surface area contributed by atoms with Gasteiger partial charge >= 0.3 is 11.9 Å². The minimum absolute atomic E-state index is 0.211. The van der Waals surface area contributed by atoms with E-state index in [1.807, 2.05) is 51.1 Å². The Balaban J connectivity index is 1.51. The van der Waals surface area contributed by atoms with Gasteiger partial charge in [-0.05, 0) is 109 Å². The molecule has 0 spiro atoms. The monoisotopic (exact) mass is 812 g/mol. The van der Waals surface area contributed by atoms with Crippen LogP contribution in [0.3, 0.4) is 0 Å². The lowest BCUT2D eigenvalue weighted by molar-refractivity contribution is -0.136. The molecule has 1 aliphatic heterocycles. The predicted octanol–water partition coefficient (Wildman–Crippen LogP) is 5.57. The number of thiazole rings is 1. The summed E-state index contributed by atoms with van der Waals surface area (Å²) >= 11 is 3.40. The molecule has 0 radical (unpaired) electrons.